The van der Waals surface area contributed by atoms with Crippen molar-refractivity contribution in [1.29, 1.82) is 0 Å². The first-order valence-electron chi connectivity index (χ1n) is 5.47. The van der Waals surface area contributed by atoms with E-state index in [9.17, 15) is 14.0 Å². The number of hydrogen-bond acceptors (Lipinski definition) is 2. The Labute approximate surface area is 108 Å². The van der Waals surface area contributed by atoms with E-state index in [4.69, 9.17) is 16.7 Å². The van der Waals surface area contributed by atoms with Gasteiger partial charge in [0.15, 0.2) is 5.82 Å². The number of amides is 1. The highest BCUT2D eigenvalue weighted by atomic mass is 35.5. The Kier molecular flexibility index (Phi) is 3.52. The molecule has 1 fully saturated rings. The molecule has 0 radical (unpaired) electrons. The molecule has 0 heterocycles. The second-order valence-electron chi connectivity index (χ2n) is 4.16. The maximum Gasteiger partial charge on any atom is 0.323 e. The van der Waals surface area contributed by atoms with Crippen molar-refractivity contribution in [3.8, 4) is 0 Å². The monoisotopic (exact) mass is 271 g/mol. The Morgan fingerprint density at radius 2 is 2.11 bits per heavy atom. The molecule has 1 aliphatic rings. The third-order valence-electron chi connectivity index (χ3n) is 2.74. The van der Waals surface area contributed by atoms with Gasteiger partial charge in [-0.05, 0) is 25.0 Å². The molecule has 1 amide bonds. The second kappa shape index (κ2) is 4.94. The summed E-state index contributed by atoms with van der Waals surface area (Å²) in [6.45, 7) is -0.421. The minimum Gasteiger partial charge on any atom is -0.480 e. The topological polar surface area (TPSA) is 57.6 Å². The number of carboxylic acids is 1. The Hall–Kier alpha value is -1.62. The first kappa shape index (κ1) is 12.8. The van der Waals surface area contributed by atoms with Crippen LogP contribution in [-0.4, -0.2) is 34.5 Å². The third-order valence-corrected chi connectivity index (χ3v) is 3.03. The standard InChI is InChI=1S/C12H11ClFNO3/c13-9-3-1-2-8(11(9)14)12(18)15(6-10(16)17)7-4-5-7/h1-3,7H,4-6H2,(H,16,17). The Morgan fingerprint density at radius 1 is 1.44 bits per heavy atom. The van der Waals surface area contributed by atoms with Crippen LogP contribution in [0.5, 0.6) is 0 Å². The van der Waals surface area contributed by atoms with Gasteiger partial charge in [-0.15, -0.1) is 0 Å². The van der Waals surface area contributed by atoms with E-state index in [2.05, 4.69) is 0 Å². The molecule has 1 aromatic carbocycles. The molecule has 0 spiro atoms. The molecule has 0 bridgehead atoms. The van der Waals surface area contributed by atoms with Crippen LogP contribution in [0.3, 0.4) is 0 Å². The number of rotatable bonds is 4. The van der Waals surface area contributed by atoms with Gasteiger partial charge in [-0.1, -0.05) is 17.7 Å². The molecule has 96 valence electrons. The summed E-state index contributed by atoms with van der Waals surface area (Å²) >= 11 is 5.60. The zero-order valence-electron chi connectivity index (χ0n) is 9.40. The van der Waals surface area contributed by atoms with Gasteiger partial charge in [-0.25, -0.2) is 4.39 Å². The maximum absolute atomic E-state index is 13.7. The lowest BCUT2D eigenvalue weighted by atomic mass is 10.2. The summed E-state index contributed by atoms with van der Waals surface area (Å²) in [7, 11) is 0. The summed E-state index contributed by atoms with van der Waals surface area (Å²) in [5.41, 5.74) is -0.185. The summed E-state index contributed by atoms with van der Waals surface area (Å²) in [6, 6.07) is 4.00. The Morgan fingerprint density at radius 3 is 2.67 bits per heavy atom. The number of carboxylic acid groups (broad SMARTS) is 1. The van der Waals surface area contributed by atoms with Gasteiger partial charge in [0.2, 0.25) is 0 Å². The molecule has 0 aliphatic heterocycles. The summed E-state index contributed by atoms with van der Waals surface area (Å²) in [5.74, 6) is -2.54. The molecule has 18 heavy (non-hydrogen) atoms. The second-order valence-corrected chi connectivity index (χ2v) is 4.57. The molecule has 1 N–H and O–H groups in total. The number of carbonyl (C=O) groups excluding carboxylic acids is 1. The summed E-state index contributed by atoms with van der Waals surface area (Å²) in [5, 5.41) is 8.62. The Balaban J connectivity index is 2.27. The van der Waals surface area contributed by atoms with E-state index in [0.29, 0.717) is 0 Å². The maximum atomic E-state index is 13.7. The van der Waals surface area contributed by atoms with E-state index < -0.39 is 24.2 Å². The molecule has 4 nitrogen and oxygen atoms in total. The Bertz CT molecular complexity index is 502. The molecular weight excluding hydrogens is 261 g/mol. The summed E-state index contributed by atoms with van der Waals surface area (Å²) < 4.78 is 13.7. The smallest absolute Gasteiger partial charge is 0.323 e. The van der Waals surface area contributed by atoms with E-state index in [1.807, 2.05) is 0 Å². The normalized spacial score (nSPS) is 14.3. The molecule has 1 saturated carbocycles. The van der Waals surface area contributed by atoms with Crippen LogP contribution in [0.1, 0.15) is 23.2 Å². The highest BCUT2D eigenvalue weighted by Gasteiger charge is 2.35. The predicted octanol–water partition coefficient (Wildman–Crippen LogP) is 2.17. The van der Waals surface area contributed by atoms with Crippen molar-refractivity contribution in [3.63, 3.8) is 0 Å². The van der Waals surface area contributed by atoms with E-state index >= 15 is 0 Å². The van der Waals surface area contributed by atoms with Crippen molar-refractivity contribution in [2.75, 3.05) is 6.54 Å². The number of nitrogens with zero attached hydrogens (tertiary/aromatic N) is 1. The SMILES string of the molecule is O=C(O)CN(C(=O)c1cccc(Cl)c1F)C1CC1. The third kappa shape index (κ3) is 2.61. The van der Waals surface area contributed by atoms with E-state index in [-0.39, 0.29) is 16.6 Å². The minimum absolute atomic E-state index is 0.105. The van der Waals surface area contributed by atoms with Crippen molar-refractivity contribution in [3.05, 3.63) is 34.6 Å². The average Bonchev–Trinajstić information content (AvgIpc) is 3.12. The fourth-order valence-electron chi connectivity index (χ4n) is 1.72. The number of hydrogen-bond donors (Lipinski definition) is 1. The highest BCUT2D eigenvalue weighted by molar-refractivity contribution is 6.31. The lowest BCUT2D eigenvalue weighted by Crippen LogP contribution is -2.37. The zero-order valence-corrected chi connectivity index (χ0v) is 10.2. The number of halogens is 2. The first-order valence-corrected chi connectivity index (χ1v) is 5.85. The van der Waals surface area contributed by atoms with Crippen LogP contribution in [0.4, 0.5) is 4.39 Å². The average molecular weight is 272 g/mol. The van der Waals surface area contributed by atoms with Crippen LogP contribution < -0.4 is 0 Å². The molecule has 0 unspecified atom stereocenters. The van der Waals surface area contributed by atoms with Crippen LogP contribution in [0.15, 0.2) is 18.2 Å². The van der Waals surface area contributed by atoms with Crippen molar-refractivity contribution >= 4 is 23.5 Å². The van der Waals surface area contributed by atoms with Crippen molar-refractivity contribution in [2.24, 2.45) is 0 Å². The molecule has 6 heteroatoms. The molecule has 0 aromatic heterocycles. The summed E-state index contributed by atoms with van der Waals surface area (Å²) in [4.78, 5) is 24.0. The molecule has 1 aromatic rings. The van der Waals surface area contributed by atoms with Gasteiger partial charge >= 0.3 is 5.97 Å². The first-order chi connectivity index (χ1) is 8.50. The van der Waals surface area contributed by atoms with Crippen LogP contribution in [0, 0.1) is 5.82 Å². The predicted molar refractivity (Wildman–Crippen MR) is 63.1 cm³/mol. The molecule has 0 atom stereocenters. The van der Waals surface area contributed by atoms with Gasteiger partial charge in [-0.2, -0.15) is 0 Å². The zero-order chi connectivity index (χ0) is 13.3. The number of carbonyl (C=O) groups is 2. The van der Waals surface area contributed by atoms with Crippen molar-refractivity contribution in [2.45, 2.75) is 18.9 Å². The minimum atomic E-state index is -1.11. The van der Waals surface area contributed by atoms with E-state index in [0.717, 1.165) is 12.8 Å². The van der Waals surface area contributed by atoms with Gasteiger partial charge in [0.1, 0.15) is 6.54 Å². The molecule has 2 rings (SSSR count). The van der Waals surface area contributed by atoms with Crippen molar-refractivity contribution in [1.82, 2.24) is 4.90 Å². The van der Waals surface area contributed by atoms with Gasteiger partial charge in [0, 0.05) is 6.04 Å². The lowest BCUT2D eigenvalue weighted by molar-refractivity contribution is -0.137. The largest absolute Gasteiger partial charge is 0.480 e. The fourth-order valence-corrected chi connectivity index (χ4v) is 1.90. The van der Waals surface area contributed by atoms with Gasteiger partial charge in [-0.3, -0.25) is 9.59 Å². The van der Waals surface area contributed by atoms with Gasteiger partial charge in [0.05, 0.1) is 10.6 Å². The molecular formula is C12H11ClFNO3. The summed E-state index contributed by atoms with van der Waals surface area (Å²) in [6.07, 6.45) is 1.50. The van der Waals surface area contributed by atoms with Crippen LogP contribution in [-0.2, 0) is 4.79 Å². The highest BCUT2D eigenvalue weighted by Crippen LogP contribution is 2.29. The lowest BCUT2D eigenvalue weighted by Gasteiger charge is -2.20. The molecule has 1 aliphatic carbocycles. The molecule has 0 saturated heterocycles. The van der Waals surface area contributed by atoms with Crippen LogP contribution in [0.25, 0.3) is 0 Å². The number of benzene rings is 1. The van der Waals surface area contributed by atoms with Gasteiger partial charge < -0.3 is 10.0 Å². The van der Waals surface area contributed by atoms with E-state index in [1.54, 1.807) is 0 Å². The van der Waals surface area contributed by atoms with Crippen molar-refractivity contribution < 1.29 is 19.1 Å². The fraction of sp³-hybridized carbons (Fsp3) is 0.333. The van der Waals surface area contributed by atoms with E-state index in [1.165, 1.54) is 23.1 Å². The quantitative estimate of drug-likeness (QED) is 0.913. The van der Waals surface area contributed by atoms with Crippen LogP contribution in [0.2, 0.25) is 5.02 Å². The van der Waals surface area contributed by atoms with Crippen LogP contribution >= 0.6 is 11.6 Å². The number of aliphatic carboxylic acids is 1. The van der Waals surface area contributed by atoms with Gasteiger partial charge in [0.25, 0.3) is 5.91 Å².